The SMILES string of the molecule is Cc1ccc(COc2cccc(C(=O)O)c2)o1. The van der Waals surface area contributed by atoms with E-state index in [2.05, 4.69) is 0 Å². The number of carboxylic acids is 1. The second-order valence-corrected chi connectivity index (χ2v) is 3.63. The maximum absolute atomic E-state index is 10.8. The molecule has 2 aromatic rings. The number of aromatic carboxylic acids is 1. The minimum absolute atomic E-state index is 0.207. The van der Waals surface area contributed by atoms with E-state index >= 15 is 0 Å². The lowest BCUT2D eigenvalue weighted by Gasteiger charge is -2.04. The monoisotopic (exact) mass is 232 g/mol. The summed E-state index contributed by atoms with van der Waals surface area (Å²) in [6.45, 7) is 2.14. The highest BCUT2D eigenvalue weighted by Crippen LogP contribution is 2.16. The molecular formula is C13H12O4. The Morgan fingerprint density at radius 1 is 1.35 bits per heavy atom. The first-order valence-electron chi connectivity index (χ1n) is 5.16. The molecule has 1 N–H and O–H groups in total. The molecule has 0 saturated carbocycles. The van der Waals surface area contributed by atoms with E-state index in [0.29, 0.717) is 11.5 Å². The standard InChI is InChI=1S/C13H12O4/c1-9-5-6-12(17-9)8-16-11-4-2-3-10(7-11)13(14)15/h2-7H,8H2,1H3,(H,14,15). The lowest BCUT2D eigenvalue weighted by atomic mass is 10.2. The summed E-state index contributed by atoms with van der Waals surface area (Å²) in [6.07, 6.45) is 0. The van der Waals surface area contributed by atoms with E-state index in [-0.39, 0.29) is 12.2 Å². The van der Waals surface area contributed by atoms with Crippen molar-refractivity contribution in [3.05, 3.63) is 53.5 Å². The van der Waals surface area contributed by atoms with Gasteiger partial charge in [-0.05, 0) is 37.3 Å². The number of aryl methyl sites for hydroxylation is 1. The van der Waals surface area contributed by atoms with Gasteiger partial charge in [0.1, 0.15) is 23.9 Å². The van der Waals surface area contributed by atoms with Crippen LogP contribution >= 0.6 is 0 Å². The topological polar surface area (TPSA) is 59.7 Å². The van der Waals surface area contributed by atoms with Gasteiger partial charge in [0.25, 0.3) is 0 Å². The van der Waals surface area contributed by atoms with Crippen molar-refractivity contribution in [1.29, 1.82) is 0 Å². The lowest BCUT2D eigenvalue weighted by molar-refractivity contribution is 0.0696. The molecule has 0 radical (unpaired) electrons. The highest BCUT2D eigenvalue weighted by Gasteiger charge is 2.05. The molecule has 0 saturated heterocycles. The number of benzene rings is 1. The van der Waals surface area contributed by atoms with Crippen molar-refractivity contribution in [2.24, 2.45) is 0 Å². The van der Waals surface area contributed by atoms with Crippen molar-refractivity contribution in [2.75, 3.05) is 0 Å². The average Bonchev–Trinajstić information content (AvgIpc) is 2.73. The number of carbonyl (C=O) groups is 1. The Labute approximate surface area is 98.4 Å². The smallest absolute Gasteiger partial charge is 0.335 e. The quantitative estimate of drug-likeness (QED) is 0.880. The Kier molecular flexibility index (Phi) is 3.14. The maximum Gasteiger partial charge on any atom is 0.335 e. The highest BCUT2D eigenvalue weighted by molar-refractivity contribution is 5.87. The number of rotatable bonds is 4. The summed E-state index contributed by atoms with van der Waals surface area (Å²) in [5.74, 6) is 1.08. The van der Waals surface area contributed by atoms with E-state index in [9.17, 15) is 4.79 Å². The van der Waals surface area contributed by atoms with E-state index in [0.717, 1.165) is 5.76 Å². The van der Waals surface area contributed by atoms with Gasteiger partial charge in [-0.3, -0.25) is 0 Å². The minimum atomic E-state index is -0.968. The van der Waals surface area contributed by atoms with Crippen LogP contribution in [-0.4, -0.2) is 11.1 Å². The summed E-state index contributed by atoms with van der Waals surface area (Å²) in [6, 6.07) is 10.0. The molecule has 1 heterocycles. The molecular weight excluding hydrogens is 220 g/mol. The molecule has 0 atom stereocenters. The number of hydrogen-bond acceptors (Lipinski definition) is 3. The van der Waals surface area contributed by atoms with Gasteiger partial charge >= 0.3 is 5.97 Å². The molecule has 0 fully saturated rings. The summed E-state index contributed by atoms with van der Waals surface area (Å²) >= 11 is 0. The summed E-state index contributed by atoms with van der Waals surface area (Å²) < 4.78 is 10.8. The lowest BCUT2D eigenvalue weighted by Crippen LogP contribution is -1.98. The van der Waals surface area contributed by atoms with Gasteiger partial charge in [0.2, 0.25) is 0 Å². The molecule has 4 nitrogen and oxygen atoms in total. The zero-order valence-corrected chi connectivity index (χ0v) is 9.34. The van der Waals surface area contributed by atoms with Crippen LogP contribution in [0.1, 0.15) is 21.9 Å². The molecule has 1 aromatic carbocycles. The Morgan fingerprint density at radius 3 is 2.82 bits per heavy atom. The molecule has 0 amide bonds. The third-order valence-electron chi connectivity index (χ3n) is 2.26. The summed E-state index contributed by atoms with van der Waals surface area (Å²) in [5.41, 5.74) is 0.207. The van der Waals surface area contributed by atoms with Crippen LogP contribution in [0.15, 0.2) is 40.8 Å². The van der Waals surface area contributed by atoms with Crippen molar-refractivity contribution in [2.45, 2.75) is 13.5 Å². The number of furan rings is 1. The minimum Gasteiger partial charge on any atom is -0.486 e. The van der Waals surface area contributed by atoms with Crippen LogP contribution in [-0.2, 0) is 6.61 Å². The first-order valence-corrected chi connectivity index (χ1v) is 5.16. The predicted octanol–water partition coefficient (Wildman–Crippen LogP) is 2.87. The largest absolute Gasteiger partial charge is 0.486 e. The number of ether oxygens (including phenoxy) is 1. The van der Waals surface area contributed by atoms with Crippen LogP contribution in [0, 0.1) is 6.92 Å². The van der Waals surface area contributed by atoms with Crippen molar-refractivity contribution >= 4 is 5.97 Å². The Morgan fingerprint density at radius 2 is 2.18 bits per heavy atom. The fraction of sp³-hybridized carbons (Fsp3) is 0.154. The molecule has 0 spiro atoms. The fourth-order valence-electron chi connectivity index (χ4n) is 1.44. The third kappa shape index (κ3) is 2.87. The first-order chi connectivity index (χ1) is 8.15. The van der Waals surface area contributed by atoms with Gasteiger partial charge in [0.15, 0.2) is 0 Å². The zero-order chi connectivity index (χ0) is 12.3. The van der Waals surface area contributed by atoms with Gasteiger partial charge in [0.05, 0.1) is 5.56 Å². The average molecular weight is 232 g/mol. The Bertz CT molecular complexity index is 528. The van der Waals surface area contributed by atoms with Gasteiger partial charge in [-0.1, -0.05) is 6.07 Å². The van der Waals surface area contributed by atoms with Crippen LogP contribution in [0.3, 0.4) is 0 Å². The van der Waals surface area contributed by atoms with E-state index in [4.69, 9.17) is 14.3 Å². The summed E-state index contributed by atoms with van der Waals surface area (Å²) in [4.78, 5) is 10.8. The predicted molar refractivity (Wildman–Crippen MR) is 61.2 cm³/mol. The van der Waals surface area contributed by atoms with Crippen LogP contribution in [0.2, 0.25) is 0 Å². The summed E-state index contributed by atoms with van der Waals surface area (Å²) in [5, 5.41) is 8.82. The zero-order valence-electron chi connectivity index (χ0n) is 9.34. The normalized spacial score (nSPS) is 10.2. The molecule has 0 aliphatic heterocycles. The number of hydrogen-bond donors (Lipinski definition) is 1. The molecule has 0 aliphatic rings. The van der Waals surface area contributed by atoms with Crippen LogP contribution in [0.25, 0.3) is 0 Å². The van der Waals surface area contributed by atoms with Gasteiger partial charge in [0, 0.05) is 0 Å². The fourth-order valence-corrected chi connectivity index (χ4v) is 1.44. The Balaban J connectivity index is 2.04. The second-order valence-electron chi connectivity index (χ2n) is 3.63. The van der Waals surface area contributed by atoms with Gasteiger partial charge < -0.3 is 14.3 Å². The highest BCUT2D eigenvalue weighted by atomic mass is 16.5. The first kappa shape index (κ1) is 11.3. The van der Waals surface area contributed by atoms with E-state index in [1.807, 2.05) is 19.1 Å². The molecule has 0 aliphatic carbocycles. The van der Waals surface area contributed by atoms with Crippen LogP contribution < -0.4 is 4.74 Å². The number of carboxylic acid groups (broad SMARTS) is 1. The van der Waals surface area contributed by atoms with E-state index in [1.165, 1.54) is 12.1 Å². The Hall–Kier alpha value is -2.23. The molecule has 4 heteroatoms. The van der Waals surface area contributed by atoms with Crippen LogP contribution in [0.4, 0.5) is 0 Å². The van der Waals surface area contributed by atoms with E-state index < -0.39 is 5.97 Å². The maximum atomic E-state index is 10.8. The van der Waals surface area contributed by atoms with Crippen molar-refractivity contribution < 1.29 is 19.1 Å². The van der Waals surface area contributed by atoms with Crippen molar-refractivity contribution in [1.82, 2.24) is 0 Å². The van der Waals surface area contributed by atoms with Gasteiger partial charge in [-0.15, -0.1) is 0 Å². The second kappa shape index (κ2) is 4.74. The molecule has 2 rings (SSSR count). The van der Waals surface area contributed by atoms with Crippen LogP contribution in [0.5, 0.6) is 5.75 Å². The van der Waals surface area contributed by atoms with Gasteiger partial charge in [-0.2, -0.15) is 0 Å². The molecule has 88 valence electrons. The third-order valence-corrected chi connectivity index (χ3v) is 2.26. The van der Waals surface area contributed by atoms with Crippen molar-refractivity contribution in [3.8, 4) is 5.75 Å². The van der Waals surface area contributed by atoms with Gasteiger partial charge in [-0.25, -0.2) is 4.79 Å². The molecule has 1 aromatic heterocycles. The van der Waals surface area contributed by atoms with Crippen molar-refractivity contribution in [3.63, 3.8) is 0 Å². The van der Waals surface area contributed by atoms with E-state index in [1.54, 1.807) is 12.1 Å². The summed E-state index contributed by atoms with van der Waals surface area (Å²) in [7, 11) is 0. The molecule has 0 bridgehead atoms. The molecule has 0 unspecified atom stereocenters. The molecule has 17 heavy (non-hydrogen) atoms.